The number of rotatable bonds is 5. The maximum Gasteiger partial charge on any atom is 0.317 e. The van der Waals surface area contributed by atoms with E-state index >= 15 is 0 Å². The molecule has 0 aliphatic carbocycles. The van der Waals surface area contributed by atoms with Crippen molar-refractivity contribution >= 4 is 23.2 Å². The number of nitrogens with zero attached hydrogens (tertiary/aromatic N) is 2. The number of carbonyl (C=O) groups is 2. The van der Waals surface area contributed by atoms with Gasteiger partial charge in [0.25, 0.3) is 5.91 Å². The van der Waals surface area contributed by atoms with Crippen LogP contribution in [0.25, 0.3) is 0 Å². The van der Waals surface area contributed by atoms with Crippen LogP contribution < -0.4 is 5.32 Å². The van der Waals surface area contributed by atoms with E-state index in [4.69, 9.17) is 5.11 Å². The van der Waals surface area contributed by atoms with Crippen LogP contribution in [0.4, 0.5) is 0 Å². The Kier molecular flexibility index (Phi) is 5.30. The molecule has 0 aromatic carbocycles. The Labute approximate surface area is 128 Å². The molecule has 1 atom stereocenters. The van der Waals surface area contributed by atoms with Gasteiger partial charge >= 0.3 is 5.97 Å². The molecule has 1 aromatic rings. The molecule has 1 aliphatic heterocycles. The summed E-state index contributed by atoms with van der Waals surface area (Å²) < 4.78 is 0. The fourth-order valence-electron chi connectivity index (χ4n) is 2.67. The highest BCUT2D eigenvalue weighted by Crippen LogP contribution is 2.23. The summed E-state index contributed by atoms with van der Waals surface area (Å²) in [4.78, 5) is 30.0. The van der Waals surface area contributed by atoms with Crippen molar-refractivity contribution in [1.82, 2.24) is 15.2 Å². The van der Waals surface area contributed by atoms with Crippen molar-refractivity contribution in [3.8, 4) is 0 Å². The van der Waals surface area contributed by atoms with E-state index in [9.17, 15) is 9.59 Å². The molecule has 0 spiro atoms. The van der Waals surface area contributed by atoms with E-state index in [0.717, 1.165) is 35.0 Å². The number of thiazole rings is 1. The topological polar surface area (TPSA) is 82.5 Å². The summed E-state index contributed by atoms with van der Waals surface area (Å²) in [6.07, 6.45) is 1.99. The highest BCUT2D eigenvalue weighted by atomic mass is 32.1. The first-order valence-corrected chi connectivity index (χ1v) is 7.95. The molecule has 0 bridgehead atoms. The molecule has 6 nitrogen and oxygen atoms in total. The van der Waals surface area contributed by atoms with Crippen molar-refractivity contribution in [3.63, 3.8) is 0 Å². The molecular formula is C14H21N3O3S. The zero-order chi connectivity index (χ0) is 15.4. The fourth-order valence-corrected chi connectivity index (χ4v) is 3.56. The molecule has 0 saturated carbocycles. The smallest absolute Gasteiger partial charge is 0.317 e. The molecule has 1 amide bonds. The van der Waals surface area contributed by atoms with Crippen molar-refractivity contribution in [2.45, 2.75) is 26.7 Å². The first-order chi connectivity index (χ1) is 9.97. The lowest BCUT2D eigenvalue weighted by Gasteiger charge is -2.32. The van der Waals surface area contributed by atoms with Crippen molar-refractivity contribution in [1.29, 1.82) is 0 Å². The first kappa shape index (κ1) is 15.9. The second-order valence-corrected chi connectivity index (χ2v) is 6.63. The Balaban J connectivity index is 1.92. The number of hydrogen-bond donors (Lipinski definition) is 2. The van der Waals surface area contributed by atoms with Gasteiger partial charge in [-0.15, -0.1) is 11.3 Å². The van der Waals surface area contributed by atoms with E-state index < -0.39 is 5.97 Å². The average molecular weight is 311 g/mol. The molecule has 116 valence electrons. The van der Waals surface area contributed by atoms with E-state index in [2.05, 4.69) is 10.3 Å². The number of likely N-dealkylation sites (tertiary alicyclic amines) is 1. The van der Waals surface area contributed by atoms with E-state index in [1.807, 2.05) is 18.7 Å². The number of carboxylic acid groups (broad SMARTS) is 1. The van der Waals surface area contributed by atoms with Gasteiger partial charge in [0.1, 0.15) is 4.88 Å². The van der Waals surface area contributed by atoms with Gasteiger partial charge in [0.2, 0.25) is 0 Å². The molecule has 2 N–H and O–H groups in total. The maximum atomic E-state index is 12.5. The van der Waals surface area contributed by atoms with Gasteiger partial charge in [-0.25, -0.2) is 4.98 Å². The Morgan fingerprint density at radius 3 is 2.86 bits per heavy atom. The van der Waals surface area contributed by atoms with E-state index in [-0.39, 0.29) is 12.5 Å². The standard InChI is InChI=1S/C14H21N3O3S/c1-9-13(21-10(2)16-9)14(20)17-5-3-4-11(8-17)6-15-7-12(18)19/h11,15H,3-8H2,1-2H3,(H,18,19). The van der Waals surface area contributed by atoms with Crippen LogP contribution in [-0.2, 0) is 4.79 Å². The minimum absolute atomic E-state index is 0.0302. The molecule has 1 aliphatic rings. The fraction of sp³-hybridized carbons (Fsp3) is 0.643. The number of carbonyl (C=O) groups excluding carboxylic acids is 1. The Morgan fingerprint density at radius 2 is 2.24 bits per heavy atom. The predicted octanol–water partition coefficient (Wildman–Crippen LogP) is 1.29. The summed E-state index contributed by atoms with van der Waals surface area (Å²) in [7, 11) is 0. The second-order valence-electron chi connectivity index (χ2n) is 5.43. The van der Waals surface area contributed by atoms with Gasteiger partial charge in [-0.3, -0.25) is 9.59 Å². The Morgan fingerprint density at radius 1 is 1.48 bits per heavy atom. The molecule has 1 aromatic heterocycles. The van der Waals surface area contributed by atoms with Crippen molar-refractivity contribution in [2.24, 2.45) is 5.92 Å². The van der Waals surface area contributed by atoms with Crippen LogP contribution in [0.3, 0.4) is 0 Å². The van der Waals surface area contributed by atoms with Gasteiger partial charge in [-0.2, -0.15) is 0 Å². The summed E-state index contributed by atoms with van der Waals surface area (Å²) in [6, 6.07) is 0. The van der Waals surface area contributed by atoms with Crippen LogP contribution in [-0.4, -0.2) is 53.0 Å². The molecule has 1 saturated heterocycles. The summed E-state index contributed by atoms with van der Waals surface area (Å²) in [6.45, 7) is 5.83. The SMILES string of the molecule is Cc1nc(C)c(C(=O)N2CCCC(CNCC(=O)O)C2)s1. The highest BCUT2D eigenvalue weighted by Gasteiger charge is 2.26. The molecule has 7 heteroatoms. The molecule has 2 heterocycles. The van der Waals surface area contributed by atoms with Gasteiger partial charge in [0.05, 0.1) is 17.2 Å². The zero-order valence-electron chi connectivity index (χ0n) is 12.4. The van der Waals surface area contributed by atoms with Crippen LogP contribution in [0.5, 0.6) is 0 Å². The van der Waals surface area contributed by atoms with Crippen molar-refractivity contribution < 1.29 is 14.7 Å². The lowest BCUT2D eigenvalue weighted by molar-refractivity contribution is -0.136. The Hall–Kier alpha value is -1.47. The number of hydrogen-bond acceptors (Lipinski definition) is 5. The number of aromatic nitrogens is 1. The van der Waals surface area contributed by atoms with Crippen LogP contribution in [0.1, 0.15) is 33.2 Å². The lowest BCUT2D eigenvalue weighted by Crippen LogP contribution is -2.43. The van der Waals surface area contributed by atoms with Crippen molar-refractivity contribution in [2.75, 3.05) is 26.2 Å². The third-order valence-electron chi connectivity index (χ3n) is 3.61. The zero-order valence-corrected chi connectivity index (χ0v) is 13.2. The summed E-state index contributed by atoms with van der Waals surface area (Å²) in [5, 5.41) is 12.5. The Bertz CT molecular complexity index is 530. The number of carboxylic acids is 1. The minimum Gasteiger partial charge on any atom is -0.480 e. The maximum absolute atomic E-state index is 12.5. The summed E-state index contributed by atoms with van der Waals surface area (Å²) in [5.41, 5.74) is 0.800. The van der Waals surface area contributed by atoms with Gasteiger partial charge in [0, 0.05) is 19.6 Å². The van der Waals surface area contributed by atoms with Crippen LogP contribution in [0.15, 0.2) is 0 Å². The lowest BCUT2D eigenvalue weighted by atomic mass is 9.98. The normalized spacial score (nSPS) is 18.8. The molecule has 0 radical (unpaired) electrons. The quantitative estimate of drug-likeness (QED) is 0.856. The number of amides is 1. The number of aryl methyl sites for hydroxylation is 2. The number of nitrogens with one attached hydrogen (secondary N) is 1. The summed E-state index contributed by atoms with van der Waals surface area (Å²) in [5.74, 6) is -0.480. The molecule has 2 rings (SSSR count). The summed E-state index contributed by atoms with van der Waals surface area (Å²) >= 11 is 1.44. The van der Waals surface area contributed by atoms with Crippen LogP contribution >= 0.6 is 11.3 Å². The van der Waals surface area contributed by atoms with Crippen LogP contribution in [0, 0.1) is 19.8 Å². The molecular weight excluding hydrogens is 290 g/mol. The van der Waals surface area contributed by atoms with Gasteiger partial charge in [-0.05, 0) is 32.6 Å². The average Bonchev–Trinajstić information content (AvgIpc) is 2.77. The highest BCUT2D eigenvalue weighted by molar-refractivity contribution is 7.13. The third kappa shape index (κ3) is 4.25. The number of piperidine rings is 1. The van der Waals surface area contributed by atoms with Gasteiger partial charge in [0.15, 0.2) is 0 Å². The monoisotopic (exact) mass is 311 g/mol. The number of aliphatic carboxylic acids is 1. The van der Waals surface area contributed by atoms with E-state index in [1.54, 1.807) is 0 Å². The predicted molar refractivity (Wildman–Crippen MR) is 80.7 cm³/mol. The van der Waals surface area contributed by atoms with Gasteiger partial charge < -0.3 is 15.3 Å². The minimum atomic E-state index is -0.852. The first-order valence-electron chi connectivity index (χ1n) is 7.13. The third-order valence-corrected chi connectivity index (χ3v) is 4.67. The van der Waals surface area contributed by atoms with E-state index in [0.29, 0.717) is 19.0 Å². The molecule has 1 unspecified atom stereocenters. The second kappa shape index (κ2) is 7.00. The molecule has 1 fully saturated rings. The van der Waals surface area contributed by atoms with Gasteiger partial charge in [-0.1, -0.05) is 0 Å². The molecule has 21 heavy (non-hydrogen) atoms. The van der Waals surface area contributed by atoms with Crippen molar-refractivity contribution in [3.05, 3.63) is 15.6 Å². The largest absolute Gasteiger partial charge is 0.480 e. The van der Waals surface area contributed by atoms with E-state index in [1.165, 1.54) is 11.3 Å². The van der Waals surface area contributed by atoms with Crippen LogP contribution in [0.2, 0.25) is 0 Å².